The number of terminal acetylenes is 2. The van der Waals surface area contributed by atoms with Gasteiger partial charge in [-0.1, -0.05) is 121 Å². The maximum atomic E-state index is 5.57. The summed E-state index contributed by atoms with van der Waals surface area (Å²) in [5, 5.41) is 0. The van der Waals surface area contributed by atoms with Crippen molar-refractivity contribution in [1.82, 2.24) is 0 Å². The van der Waals surface area contributed by atoms with Gasteiger partial charge in [0.2, 0.25) is 0 Å². The van der Waals surface area contributed by atoms with Crippen molar-refractivity contribution in [3.63, 3.8) is 0 Å². The minimum Gasteiger partial charge on any atom is -0.251 e. The molecule has 41 heavy (non-hydrogen) atoms. The summed E-state index contributed by atoms with van der Waals surface area (Å²) in [6.07, 6.45) is 35.4. The van der Waals surface area contributed by atoms with Gasteiger partial charge in [0.1, 0.15) is 0 Å². The first kappa shape index (κ1) is 33.8. The second-order valence-electron chi connectivity index (χ2n) is 10.8. The van der Waals surface area contributed by atoms with Crippen LogP contribution >= 0.6 is 0 Å². The van der Waals surface area contributed by atoms with Crippen LogP contribution in [0.15, 0.2) is 70.7 Å². The summed E-state index contributed by atoms with van der Waals surface area (Å²) in [5.74, 6) is 5.53. The Morgan fingerprint density at radius 1 is 0.659 bits per heavy atom. The molecule has 0 spiro atoms. The second kappa shape index (κ2) is 22.3. The lowest BCUT2D eigenvalue weighted by Crippen LogP contribution is -2.11. The van der Waals surface area contributed by atoms with Crippen molar-refractivity contribution >= 4 is 22.8 Å². The third-order valence-corrected chi connectivity index (χ3v) is 7.44. The normalized spacial score (nSPS) is 12.0. The molecule has 2 rings (SSSR count). The Hall–Kier alpha value is -3.36. The number of allylic oxidation sites excluding steroid dienone is 2. The SMILES string of the molecule is C#CCCc1ccccc1N=C(/C=C/CCCCCCCCCCCCC)C(CC)=Nc1ccccc1CCC#C. The van der Waals surface area contributed by atoms with E-state index in [4.69, 9.17) is 22.8 Å². The summed E-state index contributed by atoms with van der Waals surface area (Å²) in [4.78, 5) is 10.3. The molecule has 0 saturated heterocycles. The Morgan fingerprint density at radius 3 is 1.66 bits per heavy atom. The quantitative estimate of drug-likeness (QED) is 0.0842. The summed E-state index contributed by atoms with van der Waals surface area (Å²) >= 11 is 0. The van der Waals surface area contributed by atoms with Crippen molar-refractivity contribution in [2.45, 2.75) is 123 Å². The molecule has 0 saturated carbocycles. The monoisotopic (exact) mass is 548 g/mol. The largest absolute Gasteiger partial charge is 0.251 e. The first-order valence-corrected chi connectivity index (χ1v) is 16.1. The van der Waals surface area contributed by atoms with E-state index in [0.717, 1.165) is 48.5 Å². The lowest BCUT2D eigenvalue weighted by Gasteiger charge is -2.10. The van der Waals surface area contributed by atoms with Crippen LogP contribution in [0.3, 0.4) is 0 Å². The van der Waals surface area contributed by atoms with Gasteiger partial charge in [-0.25, -0.2) is 4.99 Å². The van der Waals surface area contributed by atoms with Crippen molar-refractivity contribution in [3.8, 4) is 24.7 Å². The van der Waals surface area contributed by atoms with Crippen molar-refractivity contribution in [1.29, 1.82) is 0 Å². The van der Waals surface area contributed by atoms with Gasteiger partial charge in [0.25, 0.3) is 0 Å². The topological polar surface area (TPSA) is 24.7 Å². The van der Waals surface area contributed by atoms with Gasteiger partial charge in [-0.3, -0.25) is 4.99 Å². The molecule has 0 N–H and O–H groups in total. The average Bonchev–Trinajstić information content (AvgIpc) is 3.00. The molecule has 218 valence electrons. The minimum absolute atomic E-state index is 0.702. The summed E-state index contributed by atoms with van der Waals surface area (Å²) < 4.78 is 0. The number of hydrogen-bond acceptors (Lipinski definition) is 2. The Balaban J connectivity index is 2.12. The maximum absolute atomic E-state index is 5.57. The Kier molecular flexibility index (Phi) is 18.4. The number of rotatable bonds is 21. The Bertz CT molecular complexity index is 1170. The first-order chi connectivity index (χ1) is 20.2. The fourth-order valence-electron chi connectivity index (χ4n) is 4.99. The molecule has 0 aliphatic rings. The van der Waals surface area contributed by atoms with Gasteiger partial charge in [0, 0.05) is 12.8 Å². The molecular weight excluding hydrogens is 496 g/mol. The molecule has 2 nitrogen and oxygen atoms in total. The number of nitrogens with zero attached hydrogens (tertiary/aromatic N) is 2. The van der Waals surface area contributed by atoms with Gasteiger partial charge in [0.15, 0.2) is 0 Å². The summed E-state index contributed by atoms with van der Waals surface area (Å²) in [6.45, 7) is 4.44. The van der Waals surface area contributed by atoms with Gasteiger partial charge in [-0.2, -0.15) is 0 Å². The molecule has 0 atom stereocenters. The predicted octanol–water partition coefficient (Wildman–Crippen LogP) is 11.3. The molecule has 0 unspecified atom stereocenters. The second-order valence-corrected chi connectivity index (χ2v) is 10.8. The van der Waals surface area contributed by atoms with Crippen molar-refractivity contribution < 1.29 is 0 Å². The van der Waals surface area contributed by atoms with Gasteiger partial charge in [0.05, 0.1) is 22.8 Å². The van der Waals surface area contributed by atoms with Crippen molar-refractivity contribution in [2.24, 2.45) is 9.98 Å². The Morgan fingerprint density at radius 2 is 1.15 bits per heavy atom. The molecule has 0 aliphatic carbocycles. The van der Waals surface area contributed by atoms with Crippen LogP contribution in [0.1, 0.15) is 121 Å². The molecule has 0 amide bonds. The molecule has 0 aromatic heterocycles. The van der Waals surface area contributed by atoms with E-state index < -0.39 is 0 Å². The molecule has 2 aromatic rings. The number of hydrogen-bond donors (Lipinski definition) is 0. The number of para-hydroxylation sites is 2. The predicted molar refractivity (Wildman–Crippen MR) is 182 cm³/mol. The number of aryl methyl sites for hydroxylation is 2. The van der Waals surface area contributed by atoms with Crippen LogP contribution in [0.5, 0.6) is 0 Å². The molecule has 2 aromatic carbocycles. The average molecular weight is 549 g/mol. The smallest absolute Gasteiger partial charge is 0.0848 e. The van der Waals surface area contributed by atoms with Crippen LogP contribution in [-0.4, -0.2) is 11.4 Å². The zero-order chi connectivity index (χ0) is 29.4. The number of benzene rings is 2. The summed E-state index contributed by atoms with van der Waals surface area (Å²) in [7, 11) is 0. The third-order valence-electron chi connectivity index (χ3n) is 7.44. The van der Waals surface area contributed by atoms with E-state index in [-0.39, 0.29) is 0 Å². The lowest BCUT2D eigenvalue weighted by molar-refractivity contribution is 0.550. The van der Waals surface area contributed by atoms with Crippen molar-refractivity contribution in [2.75, 3.05) is 0 Å². The van der Waals surface area contributed by atoms with Gasteiger partial charge < -0.3 is 0 Å². The van der Waals surface area contributed by atoms with Crippen LogP contribution in [0, 0.1) is 24.7 Å². The van der Waals surface area contributed by atoms with E-state index in [0.29, 0.717) is 12.8 Å². The van der Waals surface area contributed by atoms with Crippen LogP contribution < -0.4 is 0 Å². The molecule has 2 heteroatoms. The molecule has 0 heterocycles. The van der Waals surface area contributed by atoms with Crippen LogP contribution in [0.2, 0.25) is 0 Å². The molecule has 0 radical (unpaired) electrons. The first-order valence-electron chi connectivity index (χ1n) is 16.1. The highest BCUT2D eigenvalue weighted by atomic mass is 14.8. The fourth-order valence-corrected chi connectivity index (χ4v) is 4.99. The molecular formula is C39H52N2. The van der Waals surface area contributed by atoms with Crippen LogP contribution in [-0.2, 0) is 12.8 Å². The van der Waals surface area contributed by atoms with E-state index >= 15 is 0 Å². The van der Waals surface area contributed by atoms with Crippen molar-refractivity contribution in [3.05, 3.63) is 71.8 Å². The fraction of sp³-hybridized carbons (Fsp3) is 0.487. The van der Waals surface area contributed by atoms with E-state index in [1.165, 1.54) is 81.8 Å². The lowest BCUT2D eigenvalue weighted by atomic mass is 10.0. The standard InChI is InChI=1S/C39H52N2/c1-5-9-12-13-14-15-16-17-18-19-20-21-22-33-39(41-38-32-26-24-30-35(38)28-11-7-3)36(8-4)40-37-31-25-23-29-34(37)27-10-6-2/h2-3,22-26,29-33H,5,8-21,27-28H2,1,4H3/b33-22+,40-36?,41-39?. The van der Waals surface area contributed by atoms with Gasteiger partial charge in [-0.15, -0.1) is 24.7 Å². The number of unbranched alkanes of at least 4 members (excludes halogenated alkanes) is 11. The number of aliphatic imine (C=N–C) groups is 2. The zero-order valence-corrected chi connectivity index (χ0v) is 25.8. The molecule has 0 fully saturated rings. The highest BCUT2D eigenvalue weighted by molar-refractivity contribution is 6.47. The van der Waals surface area contributed by atoms with E-state index in [2.05, 4.69) is 74.2 Å². The minimum atomic E-state index is 0.702. The van der Waals surface area contributed by atoms with E-state index in [1.54, 1.807) is 0 Å². The van der Waals surface area contributed by atoms with E-state index in [1.807, 2.05) is 12.1 Å². The summed E-state index contributed by atoms with van der Waals surface area (Å²) in [5.41, 5.74) is 6.21. The molecule has 0 aliphatic heterocycles. The van der Waals surface area contributed by atoms with Gasteiger partial charge >= 0.3 is 0 Å². The van der Waals surface area contributed by atoms with Crippen LogP contribution in [0.25, 0.3) is 0 Å². The summed E-state index contributed by atoms with van der Waals surface area (Å²) in [6, 6.07) is 16.6. The zero-order valence-electron chi connectivity index (χ0n) is 25.8. The Labute approximate surface area is 251 Å². The maximum Gasteiger partial charge on any atom is 0.0848 e. The highest BCUT2D eigenvalue weighted by Gasteiger charge is 2.09. The van der Waals surface area contributed by atoms with Gasteiger partial charge in [-0.05, 0) is 61.4 Å². The molecule has 0 bridgehead atoms. The van der Waals surface area contributed by atoms with E-state index in [9.17, 15) is 0 Å². The van der Waals surface area contributed by atoms with Crippen LogP contribution in [0.4, 0.5) is 11.4 Å². The third kappa shape index (κ3) is 14.2. The highest BCUT2D eigenvalue weighted by Crippen LogP contribution is 2.24.